The van der Waals surface area contributed by atoms with E-state index in [9.17, 15) is 9.59 Å². The molecule has 0 unspecified atom stereocenters. The van der Waals surface area contributed by atoms with E-state index in [1.165, 1.54) is 37.4 Å². The number of hydrogen-bond acceptors (Lipinski definition) is 6. The number of aromatic nitrogens is 1. The molecule has 1 saturated heterocycles. The molecule has 0 atom stereocenters. The minimum atomic E-state index is -0.169. The highest BCUT2D eigenvalue weighted by Crippen LogP contribution is 2.24. The van der Waals surface area contributed by atoms with E-state index in [1.54, 1.807) is 13.0 Å². The second-order valence-corrected chi connectivity index (χ2v) is 7.70. The zero-order valence-corrected chi connectivity index (χ0v) is 15.5. The maximum Gasteiger partial charge on any atom is 0.235 e. The van der Waals surface area contributed by atoms with Crippen LogP contribution in [-0.2, 0) is 9.59 Å². The van der Waals surface area contributed by atoms with E-state index in [0.717, 1.165) is 32.2 Å². The van der Waals surface area contributed by atoms with E-state index in [4.69, 9.17) is 4.52 Å². The van der Waals surface area contributed by atoms with Gasteiger partial charge < -0.3 is 14.7 Å². The van der Waals surface area contributed by atoms with Gasteiger partial charge in [0.25, 0.3) is 0 Å². The number of amides is 2. The number of nitrogens with one attached hydrogen (secondary N) is 1. The molecule has 2 amide bonds. The highest BCUT2D eigenvalue weighted by atomic mass is 32.2. The summed E-state index contributed by atoms with van der Waals surface area (Å²) in [7, 11) is 0. The Labute approximate surface area is 152 Å². The Morgan fingerprint density at radius 2 is 1.96 bits per heavy atom. The molecule has 2 fully saturated rings. The van der Waals surface area contributed by atoms with Crippen molar-refractivity contribution in [3.05, 3.63) is 11.8 Å². The second kappa shape index (κ2) is 8.71. The summed E-state index contributed by atoms with van der Waals surface area (Å²) in [4.78, 5) is 28.6. The Bertz CT molecular complexity index is 592. The third kappa shape index (κ3) is 5.22. The van der Waals surface area contributed by atoms with Crippen molar-refractivity contribution in [3.8, 4) is 0 Å². The van der Waals surface area contributed by atoms with Crippen LogP contribution in [0.4, 0.5) is 5.82 Å². The highest BCUT2D eigenvalue weighted by Gasteiger charge is 2.27. The lowest BCUT2D eigenvalue weighted by Gasteiger charge is -2.38. The molecular formula is C17H26N4O3S. The van der Waals surface area contributed by atoms with Gasteiger partial charge in [-0.3, -0.25) is 14.5 Å². The average molecular weight is 366 g/mol. The fourth-order valence-electron chi connectivity index (χ4n) is 3.53. The smallest absolute Gasteiger partial charge is 0.235 e. The number of anilines is 1. The fourth-order valence-corrected chi connectivity index (χ4v) is 4.25. The van der Waals surface area contributed by atoms with Crippen LogP contribution in [0.15, 0.2) is 10.6 Å². The molecule has 0 radical (unpaired) electrons. The third-order valence-corrected chi connectivity index (χ3v) is 5.78. The van der Waals surface area contributed by atoms with Gasteiger partial charge in [-0.05, 0) is 19.8 Å². The molecule has 138 valence electrons. The number of nitrogens with zero attached hydrogens (tertiary/aromatic N) is 3. The molecule has 7 nitrogen and oxygen atoms in total. The zero-order valence-electron chi connectivity index (χ0n) is 14.7. The molecule has 0 bridgehead atoms. The SMILES string of the molecule is Cc1cc(NC(=O)CSCC(=O)N2CCN(C3CCCC3)CC2)no1. The molecule has 1 aromatic heterocycles. The van der Waals surface area contributed by atoms with Gasteiger partial charge in [0.15, 0.2) is 5.82 Å². The monoisotopic (exact) mass is 366 g/mol. The van der Waals surface area contributed by atoms with Gasteiger partial charge >= 0.3 is 0 Å². The molecule has 0 aromatic carbocycles. The van der Waals surface area contributed by atoms with Crippen molar-refractivity contribution in [2.24, 2.45) is 0 Å². The Kier molecular flexibility index (Phi) is 6.36. The summed E-state index contributed by atoms with van der Waals surface area (Å²) in [6, 6.07) is 2.40. The van der Waals surface area contributed by atoms with Crippen LogP contribution in [0.5, 0.6) is 0 Å². The number of carbonyl (C=O) groups excluding carboxylic acids is 2. The predicted octanol–water partition coefficient (Wildman–Crippen LogP) is 1.74. The molecule has 1 saturated carbocycles. The highest BCUT2D eigenvalue weighted by molar-refractivity contribution is 8.00. The van der Waals surface area contributed by atoms with Crippen LogP contribution in [0.25, 0.3) is 0 Å². The predicted molar refractivity (Wildman–Crippen MR) is 97.6 cm³/mol. The largest absolute Gasteiger partial charge is 0.360 e. The Morgan fingerprint density at radius 3 is 2.60 bits per heavy atom. The summed E-state index contributed by atoms with van der Waals surface area (Å²) in [5.41, 5.74) is 0. The molecule has 1 aromatic rings. The van der Waals surface area contributed by atoms with E-state index in [0.29, 0.717) is 17.3 Å². The standard InChI is InChI=1S/C17H26N4O3S/c1-13-10-15(19-24-13)18-16(22)11-25-12-17(23)21-8-6-20(7-9-21)14-4-2-3-5-14/h10,14H,2-9,11-12H2,1H3,(H,18,19,22). The van der Waals surface area contributed by atoms with Gasteiger partial charge in [0, 0.05) is 38.3 Å². The van der Waals surface area contributed by atoms with Gasteiger partial charge in [0.05, 0.1) is 11.5 Å². The van der Waals surface area contributed by atoms with Gasteiger partial charge in [-0.2, -0.15) is 0 Å². The number of aryl methyl sites for hydroxylation is 1. The molecule has 1 aliphatic carbocycles. The first kappa shape index (κ1) is 18.3. The summed E-state index contributed by atoms with van der Waals surface area (Å²) in [5, 5.41) is 6.37. The maximum atomic E-state index is 12.3. The maximum absolute atomic E-state index is 12.3. The lowest BCUT2D eigenvalue weighted by molar-refractivity contribution is -0.130. The van der Waals surface area contributed by atoms with Crippen molar-refractivity contribution in [2.45, 2.75) is 38.6 Å². The van der Waals surface area contributed by atoms with Crippen LogP contribution in [0.2, 0.25) is 0 Å². The van der Waals surface area contributed by atoms with Crippen molar-refractivity contribution in [1.82, 2.24) is 15.0 Å². The minimum Gasteiger partial charge on any atom is -0.360 e. The number of piperazine rings is 1. The van der Waals surface area contributed by atoms with Crippen LogP contribution in [0, 0.1) is 6.92 Å². The molecule has 2 aliphatic rings. The lowest BCUT2D eigenvalue weighted by Crippen LogP contribution is -2.51. The van der Waals surface area contributed by atoms with Crippen molar-refractivity contribution in [2.75, 3.05) is 43.0 Å². The first-order valence-corrected chi connectivity index (χ1v) is 10.1. The molecule has 1 N–H and O–H groups in total. The molecule has 25 heavy (non-hydrogen) atoms. The van der Waals surface area contributed by atoms with Crippen LogP contribution in [0.3, 0.4) is 0 Å². The first-order valence-electron chi connectivity index (χ1n) is 8.94. The van der Waals surface area contributed by atoms with Gasteiger partial charge in [-0.1, -0.05) is 18.0 Å². The number of thioether (sulfide) groups is 1. The number of hydrogen-bond donors (Lipinski definition) is 1. The van der Waals surface area contributed by atoms with E-state index in [1.807, 2.05) is 4.90 Å². The Balaban J connectivity index is 1.32. The lowest BCUT2D eigenvalue weighted by atomic mass is 10.2. The van der Waals surface area contributed by atoms with Crippen molar-refractivity contribution in [3.63, 3.8) is 0 Å². The van der Waals surface area contributed by atoms with E-state index < -0.39 is 0 Å². The molecule has 0 spiro atoms. The molecule has 1 aliphatic heterocycles. The van der Waals surface area contributed by atoms with Crippen LogP contribution in [-0.4, -0.2) is 70.5 Å². The Hall–Kier alpha value is -1.54. The molecule has 2 heterocycles. The minimum absolute atomic E-state index is 0.126. The van der Waals surface area contributed by atoms with Crippen molar-refractivity contribution >= 4 is 29.4 Å². The van der Waals surface area contributed by atoms with E-state index in [2.05, 4.69) is 15.4 Å². The molecule has 3 rings (SSSR count). The van der Waals surface area contributed by atoms with E-state index in [-0.39, 0.29) is 17.6 Å². The number of rotatable bonds is 6. The van der Waals surface area contributed by atoms with E-state index >= 15 is 0 Å². The summed E-state index contributed by atoms with van der Waals surface area (Å²) < 4.78 is 4.90. The van der Waals surface area contributed by atoms with Gasteiger partial charge in [-0.15, -0.1) is 11.8 Å². The second-order valence-electron chi connectivity index (χ2n) is 6.72. The van der Waals surface area contributed by atoms with Crippen LogP contribution < -0.4 is 5.32 Å². The summed E-state index contributed by atoms with van der Waals surface area (Å²) in [5.74, 6) is 1.60. The summed E-state index contributed by atoms with van der Waals surface area (Å²) in [6.45, 7) is 5.34. The topological polar surface area (TPSA) is 78.7 Å². The third-order valence-electron chi connectivity index (χ3n) is 4.86. The van der Waals surface area contributed by atoms with Gasteiger partial charge in [0.1, 0.15) is 5.76 Å². The molecular weight excluding hydrogens is 340 g/mol. The summed E-state index contributed by atoms with van der Waals surface area (Å²) >= 11 is 1.34. The quantitative estimate of drug-likeness (QED) is 0.826. The van der Waals surface area contributed by atoms with Gasteiger partial charge in [-0.25, -0.2) is 0 Å². The van der Waals surface area contributed by atoms with Gasteiger partial charge in [0.2, 0.25) is 11.8 Å². The molecule has 8 heteroatoms. The zero-order chi connectivity index (χ0) is 17.6. The van der Waals surface area contributed by atoms with Crippen LogP contribution in [0.1, 0.15) is 31.4 Å². The first-order chi connectivity index (χ1) is 12.1. The van der Waals surface area contributed by atoms with Crippen molar-refractivity contribution in [1.29, 1.82) is 0 Å². The average Bonchev–Trinajstić information content (AvgIpc) is 3.27. The fraction of sp³-hybridized carbons (Fsp3) is 0.706. The normalized spacial score (nSPS) is 19.3. The Morgan fingerprint density at radius 1 is 1.24 bits per heavy atom. The van der Waals surface area contributed by atoms with Crippen LogP contribution >= 0.6 is 11.8 Å². The summed E-state index contributed by atoms with van der Waals surface area (Å²) in [6.07, 6.45) is 5.31. The van der Waals surface area contributed by atoms with Crippen molar-refractivity contribution < 1.29 is 14.1 Å². The number of carbonyl (C=O) groups is 2.